The number of rotatable bonds is 6. The van der Waals surface area contributed by atoms with Crippen LogP contribution in [0.2, 0.25) is 0 Å². The maximum atomic E-state index is 5.15. The highest BCUT2D eigenvalue weighted by Gasteiger charge is 2.11. The van der Waals surface area contributed by atoms with Gasteiger partial charge >= 0.3 is 0 Å². The molecule has 3 nitrogen and oxygen atoms in total. The van der Waals surface area contributed by atoms with E-state index in [9.17, 15) is 0 Å². The lowest BCUT2D eigenvalue weighted by Crippen LogP contribution is -2.06. The van der Waals surface area contributed by atoms with Crippen LogP contribution in [0, 0.1) is 5.92 Å². The lowest BCUT2D eigenvalue weighted by atomic mass is 10.1. The summed E-state index contributed by atoms with van der Waals surface area (Å²) >= 11 is 1.80. The van der Waals surface area contributed by atoms with Gasteiger partial charge in [-0.25, -0.2) is 4.98 Å². The van der Waals surface area contributed by atoms with E-state index in [0.29, 0.717) is 12.5 Å². The molecule has 0 saturated heterocycles. The Morgan fingerprint density at radius 2 is 2.20 bits per heavy atom. The Kier molecular flexibility index (Phi) is 5.22. The van der Waals surface area contributed by atoms with Gasteiger partial charge < -0.3 is 10.1 Å². The van der Waals surface area contributed by atoms with Crippen molar-refractivity contribution in [2.75, 3.05) is 14.2 Å². The molecule has 0 aromatic carbocycles. The van der Waals surface area contributed by atoms with Crippen molar-refractivity contribution >= 4 is 11.3 Å². The summed E-state index contributed by atoms with van der Waals surface area (Å²) < 4.78 is 5.15. The predicted molar refractivity (Wildman–Crippen MR) is 64.1 cm³/mol. The van der Waals surface area contributed by atoms with Crippen LogP contribution in [0.25, 0.3) is 0 Å². The van der Waals surface area contributed by atoms with Crippen LogP contribution < -0.4 is 5.32 Å². The van der Waals surface area contributed by atoms with Crippen molar-refractivity contribution in [2.24, 2.45) is 5.92 Å². The molecule has 0 radical (unpaired) electrons. The Labute approximate surface area is 95.9 Å². The number of nitrogens with one attached hydrogen (secondary N) is 1. The summed E-state index contributed by atoms with van der Waals surface area (Å²) in [6.07, 6.45) is 1.06. The molecule has 15 heavy (non-hydrogen) atoms. The SMILES string of the molecule is CNCc1sc(CC(C)C)nc1COC. The number of ether oxygens (including phenoxy) is 1. The monoisotopic (exact) mass is 228 g/mol. The minimum absolute atomic E-state index is 0.617. The lowest BCUT2D eigenvalue weighted by Gasteiger charge is -1.98. The Balaban J connectivity index is 2.77. The second kappa shape index (κ2) is 6.20. The van der Waals surface area contributed by atoms with Crippen LogP contribution in [0.4, 0.5) is 0 Å². The van der Waals surface area contributed by atoms with Gasteiger partial charge in [-0.05, 0) is 13.0 Å². The van der Waals surface area contributed by atoms with Gasteiger partial charge in [0.05, 0.1) is 17.3 Å². The van der Waals surface area contributed by atoms with E-state index in [1.165, 1.54) is 9.88 Å². The third-order valence-corrected chi connectivity index (χ3v) is 3.14. The molecule has 0 unspecified atom stereocenters. The molecule has 1 aromatic heterocycles. The summed E-state index contributed by atoms with van der Waals surface area (Å²) in [5, 5.41) is 4.39. The highest BCUT2D eigenvalue weighted by molar-refractivity contribution is 7.11. The maximum absolute atomic E-state index is 5.15. The van der Waals surface area contributed by atoms with E-state index in [0.717, 1.165) is 18.7 Å². The van der Waals surface area contributed by atoms with Crippen LogP contribution in [-0.4, -0.2) is 19.1 Å². The first-order valence-corrected chi connectivity index (χ1v) is 6.10. The summed E-state index contributed by atoms with van der Waals surface area (Å²) in [6.45, 7) is 5.93. The third kappa shape index (κ3) is 3.89. The van der Waals surface area contributed by atoms with Crippen LogP contribution in [0.3, 0.4) is 0 Å². The number of hydrogen-bond donors (Lipinski definition) is 1. The van der Waals surface area contributed by atoms with Gasteiger partial charge in [0.1, 0.15) is 0 Å². The van der Waals surface area contributed by atoms with Crippen molar-refractivity contribution in [3.05, 3.63) is 15.6 Å². The van der Waals surface area contributed by atoms with E-state index >= 15 is 0 Å². The van der Waals surface area contributed by atoms with Crippen molar-refractivity contribution in [1.82, 2.24) is 10.3 Å². The van der Waals surface area contributed by atoms with Gasteiger partial charge in [0, 0.05) is 25.0 Å². The first-order valence-electron chi connectivity index (χ1n) is 5.28. The first kappa shape index (κ1) is 12.6. The first-order chi connectivity index (χ1) is 7.17. The number of hydrogen-bond acceptors (Lipinski definition) is 4. The van der Waals surface area contributed by atoms with E-state index in [1.807, 2.05) is 7.05 Å². The molecule has 1 rings (SSSR count). The van der Waals surface area contributed by atoms with Gasteiger partial charge in [-0.3, -0.25) is 0 Å². The maximum Gasteiger partial charge on any atom is 0.0935 e. The van der Waals surface area contributed by atoms with Crippen LogP contribution in [0.15, 0.2) is 0 Å². The van der Waals surface area contributed by atoms with Crippen LogP contribution in [0.1, 0.15) is 29.4 Å². The second-order valence-corrected chi connectivity index (χ2v) is 5.21. The molecule has 4 heteroatoms. The highest BCUT2D eigenvalue weighted by Crippen LogP contribution is 2.21. The number of thiazole rings is 1. The Morgan fingerprint density at radius 1 is 1.47 bits per heavy atom. The van der Waals surface area contributed by atoms with Crippen molar-refractivity contribution in [3.8, 4) is 0 Å². The van der Waals surface area contributed by atoms with Gasteiger partial charge in [0.15, 0.2) is 0 Å². The summed E-state index contributed by atoms with van der Waals surface area (Å²) in [5.41, 5.74) is 1.09. The van der Waals surface area contributed by atoms with Crippen LogP contribution >= 0.6 is 11.3 Å². The van der Waals surface area contributed by atoms with Crippen molar-refractivity contribution < 1.29 is 4.74 Å². The molecule has 0 spiro atoms. The summed E-state index contributed by atoms with van der Waals surface area (Å²) in [7, 11) is 3.67. The van der Waals surface area contributed by atoms with Gasteiger partial charge in [-0.15, -0.1) is 11.3 Å². The molecule has 0 atom stereocenters. The molecule has 0 aliphatic rings. The van der Waals surface area contributed by atoms with Crippen LogP contribution in [0.5, 0.6) is 0 Å². The molecule has 0 bridgehead atoms. The Morgan fingerprint density at radius 3 is 2.73 bits per heavy atom. The van der Waals surface area contributed by atoms with E-state index in [1.54, 1.807) is 18.4 Å². The van der Waals surface area contributed by atoms with Gasteiger partial charge in [0.25, 0.3) is 0 Å². The van der Waals surface area contributed by atoms with Gasteiger partial charge in [0.2, 0.25) is 0 Å². The van der Waals surface area contributed by atoms with Gasteiger partial charge in [-0.2, -0.15) is 0 Å². The van der Waals surface area contributed by atoms with E-state index in [2.05, 4.69) is 24.1 Å². The zero-order valence-corrected chi connectivity index (χ0v) is 10.8. The largest absolute Gasteiger partial charge is 0.378 e. The topological polar surface area (TPSA) is 34.2 Å². The van der Waals surface area contributed by atoms with Crippen molar-refractivity contribution in [2.45, 2.75) is 33.4 Å². The fourth-order valence-electron chi connectivity index (χ4n) is 1.42. The van der Waals surface area contributed by atoms with Crippen molar-refractivity contribution in [3.63, 3.8) is 0 Å². The molecular weight excluding hydrogens is 208 g/mol. The molecule has 1 aromatic rings. The van der Waals surface area contributed by atoms with Crippen LogP contribution in [-0.2, 0) is 24.3 Å². The smallest absolute Gasteiger partial charge is 0.0935 e. The zero-order chi connectivity index (χ0) is 11.3. The van der Waals surface area contributed by atoms with E-state index in [-0.39, 0.29) is 0 Å². The molecule has 0 aliphatic heterocycles. The number of aromatic nitrogens is 1. The molecule has 1 heterocycles. The fraction of sp³-hybridized carbons (Fsp3) is 0.727. The average molecular weight is 228 g/mol. The van der Waals surface area contributed by atoms with E-state index < -0.39 is 0 Å². The lowest BCUT2D eigenvalue weighted by molar-refractivity contribution is 0.181. The van der Waals surface area contributed by atoms with E-state index in [4.69, 9.17) is 4.74 Å². The normalized spacial score (nSPS) is 11.3. The third-order valence-electron chi connectivity index (χ3n) is 2.02. The molecule has 1 N–H and O–H groups in total. The average Bonchev–Trinajstić information content (AvgIpc) is 2.48. The van der Waals surface area contributed by atoms with Crippen molar-refractivity contribution in [1.29, 1.82) is 0 Å². The molecule has 0 fully saturated rings. The standard InChI is InChI=1S/C11H20N2OS/c1-8(2)5-11-13-9(7-14-4)10(15-11)6-12-3/h8,12H,5-7H2,1-4H3. The zero-order valence-electron chi connectivity index (χ0n) is 9.96. The highest BCUT2D eigenvalue weighted by atomic mass is 32.1. The predicted octanol–water partition coefficient (Wildman–Crippen LogP) is 2.21. The minimum atomic E-state index is 0.617. The second-order valence-electron chi connectivity index (χ2n) is 4.04. The molecule has 86 valence electrons. The van der Waals surface area contributed by atoms with Gasteiger partial charge in [-0.1, -0.05) is 13.8 Å². The Bertz CT molecular complexity index is 273. The molecule has 0 amide bonds. The molecule has 0 aliphatic carbocycles. The fourth-order valence-corrected chi connectivity index (χ4v) is 2.72. The summed E-state index contributed by atoms with van der Waals surface area (Å²) in [4.78, 5) is 5.91. The summed E-state index contributed by atoms with van der Waals surface area (Å²) in [6, 6.07) is 0. The number of methoxy groups -OCH3 is 1. The Hall–Kier alpha value is -0.450. The quantitative estimate of drug-likeness (QED) is 0.810. The number of nitrogens with zero attached hydrogens (tertiary/aromatic N) is 1. The minimum Gasteiger partial charge on any atom is -0.378 e. The molecule has 0 saturated carbocycles. The molecular formula is C11H20N2OS. The summed E-state index contributed by atoms with van der Waals surface area (Å²) in [5.74, 6) is 0.661.